The van der Waals surface area contributed by atoms with Crippen molar-refractivity contribution in [2.45, 2.75) is 6.54 Å². The lowest BCUT2D eigenvalue weighted by atomic mass is 10.3. The quantitative estimate of drug-likeness (QED) is 0.432. The summed E-state index contributed by atoms with van der Waals surface area (Å²) in [6, 6.07) is 0. The molecule has 0 spiro atoms. The number of rotatable bonds is 2. The molecule has 1 heterocycles. The molecule has 0 aliphatic carbocycles. The minimum atomic E-state index is -0.726. The van der Waals surface area contributed by atoms with Gasteiger partial charge in [0, 0.05) is 11.1 Å². The highest BCUT2D eigenvalue weighted by Crippen LogP contribution is 1.86. The fourth-order valence-electron chi connectivity index (χ4n) is 0.694. The van der Waals surface area contributed by atoms with Gasteiger partial charge in [0.15, 0.2) is 0 Å². The van der Waals surface area contributed by atoms with Gasteiger partial charge in [-0.3, -0.25) is 19.9 Å². The monoisotopic (exact) mass is 171 g/mol. The van der Waals surface area contributed by atoms with E-state index in [0.29, 0.717) is 0 Å². The fourth-order valence-corrected chi connectivity index (χ4v) is 0.694. The zero-order chi connectivity index (χ0) is 9.14. The summed E-state index contributed by atoms with van der Waals surface area (Å²) in [6.07, 6.45) is 1.03. The molecule has 0 saturated carbocycles. The summed E-state index contributed by atoms with van der Waals surface area (Å²) in [6.45, 7) is -0.591. The SMILES string of the molecule is O=c1[nH]cc(C[N+](=O)[O-])c(=O)[nH]1. The molecule has 1 aromatic heterocycles. The Morgan fingerprint density at radius 1 is 1.50 bits per heavy atom. The maximum absolute atomic E-state index is 10.8. The molecule has 0 aliphatic rings. The molecule has 2 N–H and O–H groups in total. The van der Waals surface area contributed by atoms with E-state index in [1.807, 2.05) is 4.98 Å². The number of aromatic amines is 2. The molecule has 0 fully saturated rings. The third kappa shape index (κ3) is 1.78. The number of nitro groups is 1. The Balaban J connectivity index is 3.10. The highest BCUT2D eigenvalue weighted by molar-refractivity contribution is 5.00. The van der Waals surface area contributed by atoms with E-state index in [9.17, 15) is 19.7 Å². The van der Waals surface area contributed by atoms with E-state index in [0.717, 1.165) is 6.20 Å². The molecule has 7 nitrogen and oxygen atoms in total. The molecule has 0 unspecified atom stereocenters. The Labute approximate surface area is 65.2 Å². The lowest BCUT2D eigenvalue weighted by Gasteiger charge is -1.90. The van der Waals surface area contributed by atoms with Crippen LogP contribution in [0, 0.1) is 10.1 Å². The Morgan fingerprint density at radius 3 is 2.67 bits per heavy atom. The van der Waals surface area contributed by atoms with Crippen LogP contribution in [0.2, 0.25) is 0 Å². The minimum absolute atomic E-state index is 0.0698. The summed E-state index contributed by atoms with van der Waals surface area (Å²) in [7, 11) is 0. The molecular weight excluding hydrogens is 166 g/mol. The zero-order valence-corrected chi connectivity index (χ0v) is 5.86. The average Bonchev–Trinajstić information content (AvgIpc) is 1.94. The van der Waals surface area contributed by atoms with Crippen LogP contribution >= 0.6 is 0 Å². The van der Waals surface area contributed by atoms with Crippen LogP contribution in [-0.4, -0.2) is 14.9 Å². The predicted molar refractivity (Wildman–Crippen MR) is 38.4 cm³/mol. The molecule has 64 valence electrons. The second-order valence-electron chi connectivity index (χ2n) is 2.09. The molecule has 12 heavy (non-hydrogen) atoms. The molecule has 0 atom stereocenters. The lowest BCUT2D eigenvalue weighted by molar-refractivity contribution is -0.497. The summed E-state index contributed by atoms with van der Waals surface area (Å²) in [5, 5.41) is 9.97. The van der Waals surface area contributed by atoms with Gasteiger partial charge in [-0.1, -0.05) is 0 Å². The van der Waals surface area contributed by atoms with Gasteiger partial charge in [0.25, 0.3) is 5.56 Å². The van der Waals surface area contributed by atoms with Crippen molar-refractivity contribution >= 4 is 0 Å². The number of nitrogens with one attached hydrogen (secondary N) is 2. The average molecular weight is 171 g/mol. The lowest BCUT2D eigenvalue weighted by Crippen LogP contribution is -2.25. The van der Waals surface area contributed by atoms with Crippen molar-refractivity contribution in [1.29, 1.82) is 0 Å². The first kappa shape index (κ1) is 8.18. The fraction of sp³-hybridized carbons (Fsp3) is 0.200. The summed E-state index contributed by atoms with van der Waals surface area (Å²) < 4.78 is 0. The normalized spacial score (nSPS) is 9.67. The molecular formula is C5H5N3O4. The summed E-state index contributed by atoms with van der Waals surface area (Å²) in [4.78, 5) is 34.6. The van der Waals surface area contributed by atoms with Gasteiger partial charge in [-0.2, -0.15) is 0 Å². The van der Waals surface area contributed by atoms with Crippen LogP contribution in [0.1, 0.15) is 5.56 Å². The van der Waals surface area contributed by atoms with E-state index >= 15 is 0 Å². The van der Waals surface area contributed by atoms with Crippen molar-refractivity contribution < 1.29 is 4.92 Å². The summed E-state index contributed by atoms with van der Waals surface area (Å²) >= 11 is 0. The summed E-state index contributed by atoms with van der Waals surface area (Å²) in [5.74, 6) is 0. The van der Waals surface area contributed by atoms with E-state index in [1.165, 1.54) is 0 Å². The van der Waals surface area contributed by atoms with Crippen molar-refractivity contribution in [3.63, 3.8) is 0 Å². The standard InChI is InChI=1S/C5H5N3O4/c9-4-3(2-8(11)12)1-6-5(10)7-4/h1H,2H2,(H2,6,7,9,10). The maximum atomic E-state index is 10.8. The predicted octanol–water partition coefficient (Wildman–Crippen LogP) is -1.16. The zero-order valence-electron chi connectivity index (χ0n) is 5.86. The van der Waals surface area contributed by atoms with Crippen molar-refractivity contribution in [2.75, 3.05) is 0 Å². The summed E-state index contributed by atoms with van der Waals surface area (Å²) in [5.41, 5.74) is -1.47. The molecule has 0 amide bonds. The van der Waals surface area contributed by atoms with Crippen molar-refractivity contribution in [2.24, 2.45) is 0 Å². The van der Waals surface area contributed by atoms with Gasteiger partial charge < -0.3 is 4.98 Å². The van der Waals surface area contributed by atoms with Crippen LogP contribution in [-0.2, 0) is 6.54 Å². The molecule has 1 rings (SSSR count). The smallest absolute Gasteiger partial charge is 0.314 e. The number of hydrogen-bond donors (Lipinski definition) is 2. The van der Waals surface area contributed by atoms with Crippen LogP contribution in [0.3, 0.4) is 0 Å². The number of hydrogen-bond acceptors (Lipinski definition) is 4. The van der Waals surface area contributed by atoms with Crippen LogP contribution < -0.4 is 11.2 Å². The van der Waals surface area contributed by atoms with Gasteiger partial charge in [0.1, 0.15) is 5.56 Å². The molecule has 0 saturated heterocycles. The third-order valence-electron chi connectivity index (χ3n) is 1.20. The second-order valence-corrected chi connectivity index (χ2v) is 2.09. The molecule has 0 aliphatic heterocycles. The van der Waals surface area contributed by atoms with Gasteiger partial charge in [-0.05, 0) is 0 Å². The first-order valence-electron chi connectivity index (χ1n) is 3.02. The van der Waals surface area contributed by atoms with Crippen molar-refractivity contribution in [1.82, 2.24) is 9.97 Å². The van der Waals surface area contributed by atoms with Gasteiger partial charge in [0.2, 0.25) is 6.54 Å². The highest BCUT2D eigenvalue weighted by atomic mass is 16.6. The molecule has 7 heteroatoms. The van der Waals surface area contributed by atoms with Gasteiger partial charge in [-0.25, -0.2) is 4.79 Å². The van der Waals surface area contributed by atoms with Crippen LogP contribution in [0.4, 0.5) is 0 Å². The first-order valence-corrected chi connectivity index (χ1v) is 3.02. The highest BCUT2D eigenvalue weighted by Gasteiger charge is 2.05. The third-order valence-corrected chi connectivity index (χ3v) is 1.20. The van der Waals surface area contributed by atoms with E-state index in [2.05, 4.69) is 4.98 Å². The Kier molecular flexibility index (Phi) is 2.04. The molecule has 1 aromatic rings. The first-order chi connectivity index (χ1) is 5.59. The van der Waals surface area contributed by atoms with Crippen LogP contribution in [0.25, 0.3) is 0 Å². The van der Waals surface area contributed by atoms with E-state index in [4.69, 9.17) is 0 Å². The maximum Gasteiger partial charge on any atom is 0.325 e. The van der Waals surface area contributed by atoms with Gasteiger partial charge >= 0.3 is 5.69 Å². The Bertz CT molecular complexity index is 404. The number of nitrogens with zero attached hydrogens (tertiary/aromatic N) is 1. The van der Waals surface area contributed by atoms with Gasteiger partial charge in [-0.15, -0.1) is 0 Å². The van der Waals surface area contributed by atoms with E-state index in [-0.39, 0.29) is 5.56 Å². The number of aromatic nitrogens is 2. The van der Waals surface area contributed by atoms with Crippen molar-refractivity contribution in [3.05, 3.63) is 42.7 Å². The molecule has 0 bridgehead atoms. The Hall–Kier alpha value is -1.92. The Morgan fingerprint density at radius 2 is 2.17 bits per heavy atom. The molecule has 0 aromatic carbocycles. The number of H-pyrrole nitrogens is 2. The minimum Gasteiger partial charge on any atom is -0.314 e. The van der Waals surface area contributed by atoms with E-state index < -0.39 is 22.7 Å². The van der Waals surface area contributed by atoms with Crippen LogP contribution in [0.15, 0.2) is 15.8 Å². The second kappa shape index (κ2) is 2.99. The molecule has 0 radical (unpaired) electrons. The van der Waals surface area contributed by atoms with Gasteiger partial charge in [0.05, 0.1) is 0 Å². The topological polar surface area (TPSA) is 109 Å². The van der Waals surface area contributed by atoms with E-state index in [1.54, 1.807) is 0 Å². The van der Waals surface area contributed by atoms with Crippen LogP contribution in [0.5, 0.6) is 0 Å². The van der Waals surface area contributed by atoms with Crippen molar-refractivity contribution in [3.8, 4) is 0 Å². The largest absolute Gasteiger partial charge is 0.325 e.